The SMILES string of the molecule is CCC(CC)N(C)C1C(C)CC(C)CC1N. The second-order valence-electron chi connectivity index (χ2n) is 5.84. The van der Waals surface area contributed by atoms with Crippen LogP contribution in [-0.2, 0) is 0 Å². The first-order valence-electron chi connectivity index (χ1n) is 6.98. The summed E-state index contributed by atoms with van der Waals surface area (Å²) < 4.78 is 0. The van der Waals surface area contributed by atoms with Crippen LogP contribution in [0.3, 0.4) is 0 Å². The molecule has 0 aromatic carbocycles. The molecule has 4 atom stereocenters. The monoisotopic (exact) mass is 226 g/mol. The van der Waals surface area contributed by atoms with Crippen LogP contribution in [0.2, 0.25) is 0 Å². The van der Waals surface area contributed by atoms with Gasteiger partial charge in [0, 0.05) is 18.1 Å². The summed E-state index contributed by atoms with van der Waals surface area (Å²) in [7, 11) is 2.27. The fourth-order valence-corrected chi connectivity index (χ4v) is 3.71. The molecule has 1 saturated carbocycles. The van der Waals surface area contributed by atoms with Crippen molar-refractivity contribution >= 4 is 0 Å². The molecule has 1 rings (SSSR count). The molecule has 16 heavy (non-hydrogen) atoms. The highest BCUT2D eigenvalue weighted by atomic mass is 15.2. The van der Waals surface area contributed by atoms with Crippen molar-refractivity contribution in [3.05, 3.63) is 0 Å². The average Bonchev–Trinajstić information content (AvgIpc) is 2.17. The van der Waals surface area contributed by atoms with Crippen molar-refractivity contribution in [2.24, 2.45) is 17.6 Å². The molecule has 1 aliphatic carbocycles. The van der Waals surface area contributed by atoms with Gasteiger partial charge in [0.25, 0.3) is 0 Å². The van der Waals surface area contributed by atoms with E-state index in [1.807, 2.05) is 0 Å². The third-order valence-corrected chi connectivity index (χ3v) is 4.46. The van der Waals surface area contributed by atoms with E-state index in [9.17, 15) is 0 Å². The van der Waals surface area contributed by atoms with Gasteiger partial charge in [-0.05, 0) is 44.6 Å². The Hall–Kier alpha value is -0.0800. The van der Waals surface area contributed by atoms with Gasteiger partial charge in [-0.2, -0.15) is 0 Å². The standard InChI is InChI=1S/C14H30N2/c1-6-12(7-2)16(5)14-11(4)8-10(3)9-13(14)15/h10-14H,6-9,15H2,1-5H3. The lowest BCUT2D eigenvalue weighted by Gasteiger charge is -2.45. The van der Waals surface area contributed by atoms with Crippen molar-refractivity contribution < 1.29 is 0 Å². The summed E-state index contributed by atoms with van der Waals surface area (Å²) in [5, 5.41) is 0. The van der Waals surface area contributed by atoms with Crippen molar-refractivity contribution in [3.63, 3.8) is 0 Å². The van der Waals surface area contributed by atoms with Gasteiger partial charge in [0.05, 0.1) is 0 Å². The van der Waals surface area contributed by atoms with Crippen LogP contribution in [0.15, 0.2) is 0 Å². The summed E-state index contributed by atoms with van der Waals surface area (Å²) in [5.41, 5.74) is 6.37. The molecular weight excluding hydrogens is 196 g/mol. The van der Waals surface area contributed by atoms with E-state index in [2.05, 4.69) is 39.6 Å². The molecule has 2 N–H and O–H groups in total. The topological polar surface area (TPSA) is 29.3 Å². The van der Waals surface area contributed by atoms with Crippen molar-refractivity contribution in [1.29, 1.82) is 0 Å². The van der Waals surface area contributed by atoms with Gasteiger partial charge in [-0.15, -0.1) is 0 Å². The lowest BCUT2D eigenvalue weighted by molar-refractivity contribution is 0.0602. The lowest BCUT2D eigenvalue weighted by Crippen LogP contribution is -2.56. The van der Waals surface area contributed by atoms with Crippen molar-refractivity contribution in [3.8, 4) is 0 Å². The summed E-state index contributed by atoms with van der Waals surface area (Å²) in [6.45, 7) is 9.28. The maximum Gasteiger partial charge on any atom is 0.0272 e. The molecule has 0 aliphatic heterocycles. The smallest absolute Gasteiger partial charge is 0.0272 e. The fraction of sp³-hybridized carbons (Fsp3) is 1.00. The summed E-state index contributed by atoms with van der Waals surface area (Å²) in [6, 6.07) is 1.65. The Morgan fingerprint density at radius 2 is 1.75 bits per heavy atom. The molecule has 0 bridgehead atoms. The van der Waals surface area contributed by atoms with Gasteiger partial charge in [0.2, 0.25) is 0 Å². The van der Waals surface area contributed by atoms with E-state index in [1.54, 1.807) is 0 Å². The van der Waals surface area contributed by atoms with Gasteiger partial charge in [-0.1, -0.05) is 27.7 Å². The predicted molar refractivity (Wildman–Crippen MR) is 71.5 cm³/mol. The van der Waals surface area contributed by atoms with Crippen LogP contribution in [0.1, 0.15) is 53.4 Å². The number of likely N-dealkylation sites (N-methyl/N-ethyl adjacent to an activating group) is 1. The summed E-state index contributed by atoms with van der Waals surface area (Å²) in [6.07, 6.45) is 5.00. The van der Waals surface area contributed by atoms with E-state index in [1.165, 1.54) is 25.7 Å². The zero-order valence-electron chi connectivity index (χ0n) is 11.7. The van der Waals surface area contributed by atoms with Gasteiger partial charge >= 0.3 is 0 Å². The zero-order valence-corrected chi connectivity index (χ0v) is 11.7. The summed E-state index contributed by atoms with van der Waals surface area (Å²) in [5.74, 6) is 1.54. The zero-order chi connectivity index (χ0) is 12.3. The molecule has 2 heteroatoms. The van der Waals surface area contributed by atoms with E-state index in [0.29, 0.717) is 18.1 Å². The number of hydrogen-bond donors (Lipinski definition) is 1. The minimum atomic E-state index is 0.365. The van der Waals surface area contributed by atoms with E-state index in [0.717, 1.165) is 11.8 Å². The number of nitrogens with zero attached hydrogens (tertiary/aromatic N) is 1. The fourth-order valence-electron chi connectivity index (χ4n) is 3.71. The summed E-state index contributed by atoms with van der Waals surface area (Å²) >= 11 is 0. The van der Waals surface area contributed by atoms with Gasteiger partial charge in [0.15, 0.2) is 0 Å². The quantitative estimate of drug-likeness (QED) is 0.798. The Bertz CT molecular complexity index is 189. The minimum Gasteiger partial charge on any atom is -0.326 e. The van der Waals surface area contributed by atoms with Crippen LogP contribution < -0.4 is 5.73 Å². The van der Waals surface area contributed by atoms with Gasteiger partial charge in [0.1, 0.15) is 0 Å². The first-order valence-corrected chi connectivity index (χ1v) is 6.98. The molecule has 1 fully saturated rings. The molecule has 0 radical (unpaired) electrons. The number of rotatable bonds is 4. The molecule has 1 aliphatic rings. The van der Waals surface area contributed by atoms with E-state index in [-0.39, 0.29) is 0 Å². The van der Waals surface area contributed by atoms with Crippen molar-refractivity contribution in [2.45, 2.75) is 71.5 Å². The van der Waals surface area contributed by atoms with E-state index in [4.69, 9.17) is 5.73 Å². The highest BCUT2D eigenvalue weighted by molar-refractivity contribution is 4.92. The first kappa shape index (κ1) is 14.0. The van der Waals surface area contributed by atoms with Gasteiger partial charge in [-0.25, -0.2) is 0 Å². The molecule has 0 heterocycles. The molecular formula is C14H30N2. The average molecular weight is 226 g/mol. The normalized spacial score (nSPS) is 36.0. The number of nitrogens with two attached hydrogens (primary N) is 1. The Morgan fingerprint density at radius 1 is 1.19 bits per heavy atom. The Kier molecular flexibility index (Phi) is 5.26. The molecule has 4 unspecified atom stereocenters. The second kappa shape index (κ2) is 6.02. The molecule has 96 valence electrons. The predicted octanol–water partition coefficient (Wildman–Crippen LogP) is 2.87. The first-order chi connectivity index (χ1) is 7.51. The van der Waals surface area contributed by atoms with Crippen LogP contribution in [0.4, 0.5) is 0 Å². The summed E-state index contributed by atoms with van der Waals surface area (Å²) in [4.78, 5) is 2.56. The van der Waals surface area contributed by atoms with Crippen molar-refractivity contribution in [2.75, 3.05) is 7.05 Å². The second-order valence-corrected chi connectivity index (χ2v) is 5.84. The maximum atomic E-state index is 6.37. The van der Waals surface area contributed by atoms with Crippen molar-refractivity contribution in [1.82, 2.24) is 4.90 Å². The minimum absolute atomic E-state index is 0.365. The Balaban J connectivity index is 2.69. The van der Waals surface area contributed by atoms with Crippen LogP contribution in [0.5, 0.6) is 0 Å². The third kappa shape index (κ3) is 2.98. The van der Waals surface area contributed by atoms with Crippen LogP contribution in [0.25, 0.3) is 0 Å². The lowest BCUT2D eigenvalue weighted by atomic mass is 9.76. The highest BCUT2D eigenvalue weighted by Crippen LogP contribution is 2.32. The largest absolute Gasteiger partial charge is 0.326 e. The van der Waals surface area contributed by atoms with Crippen LogP contribution >= 0.6 is 0 Å². The molecule has 0 spiro atoms. The molecule has 0 amide bonds. The maximum absolute atomic E-state index is 6.37. The molecule has 2 nitrogen and oxygen atoms in total. The molecule has 0 aromatic rings. The van der Waals surface area contributed by atoms with Crippen LogP contribution in [-0.4, -0.2) is 30.1 Å². The Labute approximate surface area is 102 Å². The highest BCUT2D eigenvalue weighted by Gasteiger charge is 2.35. The van der Waals surface area contributed by atoms with Gasteiger partial charge < -0.3 is 5.73 Å². The Morgan fingerprint density at radius 3 is 2.19 bits per heavy atom. The van der Waals surface area contributed by atoms with Crippen LogP contribution in [0, 0.1) is 11.8 Å². The van der Waals surface area contributed by atoms with E-state index >= 15 is 0 Å². The van der Waals surface area contributed by atoms with E-state index < -0.39 is 0 Å². The molecule has 0 aromatic heterocycles. The third-order valence-electron chi connectivity index (χ3n) is 4.46. The van der Waals surface area contributed by atoms with Gasteiger partial charge in [-0.3, -0.25) is 4.90 Å². The number of hydrogen-bond acceptors (Lipinski definition) is 2. The molecule has 0 saturated heterocycles.